The van der Waals surface area contributed by atoms with Crippen LogP contribution in [0.1, 0.15) is 31.2 Å². The summed E-state index contributed by atoms with van der Waals surface area (Å²) in [6, 6.07) is 3.76. The van der Waals surface area contributed by atoms with Crippen molar-refractivity contribution in [2.24, 2.45) is 0 Å². The fourth-order valence-electron chi connectivity index (χ4n) is 2.00. The minimum Gasteiger partial charge on any atom is -0.325 e. The van der Waals surface area contributed by atoms with Gasteiger partial charge in [0.1, 0.15) is 5.82 Å². The lowest BCUT2D eigenvalue weighted by atomic mass is 10.2. The van der Waals surface area contributed by atoms with Gasteiger partial charge in [-0.3, -0.25) is 5.32 Å². The van der Waals surface area contributed by atoms with Gasteiger partial charge in [-0.2, -0.15) is 0 Å². The molecule has 0 aliphatic carbocycles. The van der Waals surface area contributed by atoms with Gasteiger partial charge in [-0.25, -0.2) is 9.78 Å². The predicted molar refractivity (Wildman–Crippen MR) is 68.0 cm³/mol. The summed E-state index contributed by atoms with van der Waals surface area (Å²) in [5, 5.41) is 2.84. The number of carbonyl (C=O) groups excluding carboxylic acids is 1. The number of carbonyl (C=O) groups is 1. The molecule has 0 saturated carbocycles. The van der Waals surface area contributed by atoms with Crippen molar-refractivity contribution in [1.82, 2.24) is 9.88 Å². The van der Waals surface area contributed by atoms with E-state index in [0.29, 0.717) is 5.82 Å². The van der Waals surface area contributed by atoms with Crippen molar-refractivity contribution in [3.63, 3.8) is 0 Å². The molecule has 17 heavy (non-hydrogen) atoms. The number of urea groups is 1. The first-order valence-electron chi connectivity index (χ1n) is 6.24. The molecule has 2 heterocycles. The number of anilines is 1. The molecule has 2 amide bonds. The fraction of sp³-hybridized carbons (Fsp3) is 0.538. The van der Waals surface area contributed by atoms with Crippen molar-refractivity contribution in [2.45, 2.75) is 32.6 Å². The van der Waals surface area contributed by atoms with Crippen LogP contribution in [0.3, 0.4) is 0 Å². The van der Waals surface area contributed by atoms with Gasteiger partial charge < -0.3 is 4.90 Å². The van der Waals surface area contributed by atoms with Gasteiger partial charge in [-0.1, -0.05) is 18.9 Å². The average molecular weight is 233 g/mol. The van der Waals surface area contributed by atoms with Crippen LogP contribution in [0.5, 0.6) is 0 Å². The number of hydrogen-bond acceptors (Lipinski definition) is 2. The van der Waals surface area contributed by atoms with Crippen LogP contribution in [0.4, 0.5) is 10.6 Å². The van der Waals surface area contributed by atoms with E-state index in [1.165, 1.54) is 12.8 Å². The molecule has 1 saturated heterocycles. The monoisotopic (exact) mass is 233 g/mol. The van der Waals surface area contributed by atoms with E-state index in [1.54, 1.807) is 6.20 Å². The highest BCUT2D eigenvalue weighted by molar-refractivity contribution is 5.88. The maximum atomic E-state index is 12.0. The second kappa shape index (κ2) is 5.66. The molecular formula is C13H19N3O. The van der Waals surface area contributed by atoms with E-state index >= 15 is 0 Å². The molecule has 4 nitrogen and oxygen atoms in total. The molecule has 4 heteroatoms. The lowest BCUT2D eigenvalue weighted by Crippen LogP contribution is -2.35. The van der Waals surface area contributed by atoms with Crippen LogP contribution in [0.2, 0.25) is 0 Å². The van der Waals surface area contributed by atoms with E-state index in [2.05, 4.69) is 10.3 Å². The van der Waals surface area contributed by atoms with E-state index in [-0.39, 0.29) is 6.03 Å². The summed E-state index contributed by atoms with van der Waals surface area (Å²) in [4.78, 5) is 18.0. The van der Waals surface area contributed by atoms with Crippen LogP contribution < -0.4 is 5.32 Å². The number of aryl methyl sites for hydroxylation is 1. The van der Waals surface area contributed by atoms with Gasteiger partial charge in [0.25, 0.3) is 0 Å². The maximum absolute atomic E-state index is 12.0. The highest BCUT2D eigenvalue weighted by Gasteiger charge is 2.15. The number of nitrogens with one attached hydrogen (secondary N) is 1. The van der Waals surface area contributed by atoms with E-state index in [9.17, 15) is 4.79 Å². The number of amides is 2. The fourth-order valence-corrected chi connectivity index (χ4v) is 2.00. The Hall–Kier alpha value is -1.58. The highest BCUT2D eigenvalue weighted by atomic mass is 16.2. The van der Waals surface area contributed by atoms with Crippen LogP contribution in [0.15, 0.2) is 18.3 Å². The number of hydrogen-bond donors (Lipinski definition) is 1. The van der Waals surface area contributed by atoms with E-state index in [0.717, 1.165) is 31.5 Å². The van der Waals surface area contributed by atoms with E-state index < -0.39 is 0 Å². The predicted octanol–water partition coefficient (Wildman–Crippen LogP) is 2.80. The molecule has 0 unspecified atom stereocenters. The van der Waals surface area contributed by atoms with Crippen molar-refractivity contribution >= 4 is 11.8 Å². The molecule has 0 atom stereocenters. The Labute approximate surface area is 102 Å². The summed E-state index contributed by atoms with van der Waals surface area (Å²) in [5.74, 6) is 0.629. The largest absolute Gasteiger partial charge is 0.325 e. The Bertz CT molecular complexity index is 367. The first-order chi connectivity index (χ1) is 8.25. The molecule has 1 aliphatic rings. The summed E-state index contributed by atoms with van der Waals surface area (Å²) in [7, 11) is 0. The smallest absolute Gasteiger partial charge is 0.323 e. The SMILES string of the molecule is Cc1ccc(NC(=O)N2CCCCCC2)nc1. The summed E-state index contributed by atoms with van der Waals surface area (Å²) in [5.41, 5.74) is 1.10. The Morgan fingerprint density at radius 2 is 1.94 bits per heavy atom. The second-order valence-corrected chi connectivity index (χ2v) is 4.55. The zero-order valence-electron chi connectivity index (χ0n) is 10.3. The number of pyridine rings is 1. The van der Waals surface area contributed by atoms with Gasteiger partial charge in [0.2, 0.25) is 0 Å². The van der Waals surface area contributed by atoms with E-state index in [1.807, 2.05) is 24.0 Å². The van der Waals surface area contributed by atoms with Crippen LogP contribution in [-0.2, 0) is 0 Å². The normalized spacial score (nSPS) is 16.4. The lowest BCUT2D eigenvalue weighted by Gasteiger charge is -2.20. The molecule has 0 bridgehead atoms. The van der Waals surface area contributed by atoms with E-state index in [4.69, 9.17) is 0 Å². The molecule has 0 radical (unpaired) electrons. The zero-order chi connectivity index (χ0) is 12.1. The molecule has 1 aliphatic heterocycles. The molecule has 1 aromatic heterocycles. The summed E-state index contributed by atoms with van der Waals surface area (Å²) < 4.78 is 0. The topological polar surface area (TPSA) is 45.2 Å². The average Bonchev–Trinajstić information content (AvgIpc) is 2.61. The van der Waals surface area contributed by atoms with Crippen LogP contribution in [0.25, 0.3) is 0 Å². The van der Waals surface area contributed by atoms with Gasteiger partial charge in [0.05, 0.1) is 0 Å². The molecule has 0 spiro atoms. The van der Waals surface area contributed by atoms with Crippen LogP contribution >= 0.6 is 0 Å². The molecule has 1 N–H and O–H groups in total. The number of likely N-dealkylation sites (tertiary alicyclic amines) is 1. The van der Waals surface area contributed by atoms with Crippen LogP contribution in [0, 0.1) is 6.92 Å². The summed E-state index contributed by atoms with van der Waals surface area (Å²) in [6.45, 7) is 3.70. The lowest BCUT2D eigenvalue weighted by molar-refractivity contribution is 0.213. The molecule has 2 rings (SSSR count). The quantitative estimate of drug-likeness (QED) is 0.810. The summed E-state index contributed by atoms with van der Waals surface area (Å²) >= 11 is 0. The molecule has 1 aromatic rings. The highest BCUT2D eigenvalue weighted by Crippen LogP contribution is 2.11. The van der Waals surface area contributed by atoms with Crippen LogP contribution in [-0.4, -0.2) is 29.0 Å². The minimum atomic E-state index is -0.0248. The van der Waals surface area contributed by atoms with Crippen molar-refractivity contribution in [2.75, 3.05) is 18.4 Å². The van der Waals surface area contributed by atoms with Gasteiger partial charge in [0.15, 0.2) is 0 Å². The number of nitrogens with zero attached hydrogens (tertiary/aromatic N) is 2. The first kappa shape index (κ1) is 11.9. The number of aromatic nitrogens is 1. The van der Waals surface area contributed by atoms with Gasteiger partial charge in [-0.15, -0.1) is 0 Å². The maximum Gasteiger partial charge on any atom is 0.323 e. The van der Waals surface area contributed by atoms with Crippen molar-refractivity contribution in [3.8, 4) is 0 Å². The van der Waals surface area contributed by atoms with Crippen molar-refractivity contribution < 1.29 is 4.79 Å². The third kappa shape index (κ3) is 3.44. The van der Waals surface area contributed by atoms with Gasteiger partial charge in [-0.05, 0) is 31.4 Å². The van der Waals surface area contributed by atoms with Gasteiger partial charge in [0, 0.05) is 19.3 Å². The first-order valence-corrected chi connectivity index (χ1v) is 6.24. The minimum absolute atomic E-state index is 0.0248. The zero-order valence-corrected chi connectivity index (χ0v) is 10.3. The summed E-state index contributed by atoms with van der Waals surface area (Å²) in [6.07, 6.45) is 6.43. The number of rotatable bonds is 1. The van der Waals surface area contributed by atoms with Gasteiger partial charge >= 0.3 is 6.03 Å². The third-order valence-corrected chi connectivity index (χ3v) is 3.04. The van der Waals surface area contributed by atoms with Crippen molar-refractivity contribution in [3.05, 3.63) is 23.9 Å². The molecule has 0 aromatic carbocycles. The molecular weight excluding hydrogens is 214 g/mol. The Kier molecular flexibility index (Phi) is 3.96. The third-order valence-electron chi connectivity index (χ3n) is 3.04. The molecule has 1 fully saturated rings. The Balaban J connectivity index is 1.93. The second-order valence-electron chi connectivity index (χ2n) is 4.55. The van der Waals surface area contributed by atoms with Crippen molar-refractivity contribution in [1.29, 1.82) is 0 Å². The molecule has 92 valence electrons. The Morgan fingerprint density at radius 1 is 1.24 bits per heavy atom. The standard InChI is InChI=1S/C13H19N3O/c1-11-6-7-12(14-10-11)15-13(17)16-8-4-2-3-5-9-16/h6-7,10H,2-5,8-9H2,1H3,(H,14,15,17). The Morgan fingerprint density at radius 3 is 2.53 bits per heavy atom.